The van der Waals surface area contributed by atoms with Gasteiger partial charge in [0.05, 0.1) is 13.2 Å². The summed E-state index contributed by atoms with van der Waals surface area (Å²) >= 11 is 0. The minimum atomic E-state index is -1.55. The minimum absolute atomic E-state index is 0.150. The average Bonchev–Trinajstić information content (AvgIpc) is 2.82. The van der Waals surface area contributed by atoms with Crippen LogP contribution in [0.1, 0.15) is 6.92 Å². The van der Waals surface area contributed by atoms with Gasteiger partial charge in [0.25, 0.3) is 5.91 Å². The fraction of sp³-hybridized carbons (Fsp3) is 0.667. The Bertz CT molecular complexity index is 496. The Kier molecular flexibility index (Phi) is 7.18. The van der Waals surface area contributed by atoms with Crippen molar-refractivity contribution in [1.29, 1.82) is 0 Å². The molecule has 1 aliphatic rings. The summed E-state index contributed by atoms with van der Waals surface area (Å²) < 4.78 is 9.80. The molecular formula is C12H23N5O7. The molecule has 0 aromatic rings. The topological polar surface area (TPSA) is 207 Å². The number of carbonyl (C=O) groups is 2. The monoisotopic (exact) mass is 349 g/mol. The number of rotatable bonds is 7. The van der Waals surface area contributed by atoms with Gasteiger partial charge in [0, 0.05) is 0 Å². The number of nitrogens with one attached hydrogen (secondary N) is 1. The maximum Gasteiger partial charge on any atom is 0.325 e. The molecule has 138 valence electrons. The van der Waals surface area contributed by atoms with Gasteiger partial charge in [0.1, 0.15) is 36.4 Å². The molecule has 12 heteroatoms. The zero-order valence-electron chi connectivity index (χ0n) is 13.1. The van der Waals surface area contributed by atoms with Gasteiger partial charge >= 0.3 is 5.97 Å². The summed E-state index contributed by atoms with van der Waals surface area (Å²) in [5, 5.41) is 31.4. The molecule has 1 saturated heterocycles. The van der Waals surface area contributed by atoms with Crippen molar-refractivity contribution in [2.24, 2.45) is 17.3 Å². The van der Waals surface area contributed by atoms with Crippen molar-refractivity contribution in [2.75, 3.05) is 19.8 Å². The second-order valence-electron chi connectivity index (χ2n) is 4.93. The van der Waals surface area contributed by atoms with E-state index in [1.807, 2.05) is 0 Å². The molecule has 4 atom stereocenters. The first kappa shape index (κ1) is 19.9. The van der Waals surface area contributed by atoms with E-state index in [4.69, 9.17) is 27.2 Å². The predicted molar refractivity (Wildman–Crippen MR) is 78.8 cm³/mol. The highest BCUT2D eigenvalue weighted by Gasteiger charge is 2.46. The summed E-state index contributed by atoms with van der Waals surface area (Å²) in [6, 6.07) is 0. The summed E-state index contributed by atoms with van der Waals surface area (Å²) in [5.41, 5.74) is 10.4. The molecule has 1 fully saturated rings. The number of aliphatic hydroxyl groups excluding tert-OH is 3. The molecular weight excluding hydrogens is 326 g/mol. The van der Waals surface area contributed by atoms with Crippen molar-refractivity contribution >= 4 is 11.9 Å². The Morgan fingerprint density at radius 2 is 1.92 bits per heavy atom. The number of hydrogen-bond donors (Lipinski definition) is 7. The van der Waals surface area contributed by atoms with Crippen LogP contribution in [0.25, 0.3) is 0 Å². The first-order chi connectivity index (χ1) is 11.2. The van der Waals surface area contributed by atoms with Crippen molar-refractivity contribution in [2.45, 2.75) is 31.5 Å². The highest BCUT2D eigenvalue weighted by atomic mass is 16.6. The Morgan fingerprint density at radius 3 is 2.38 bits per heavy atom. The van der Waals surface area contributed by atoms with E-state index < -0.39 is 61.1 Å². The maximum atomic E-state index is 12.3. The lowest BCUT2D eigenvalue weighted by atomic mass is 10.1. The van der Waals surface area contributed by atoms with Gasteiger partial charge in [-0.2, -0.15) is 0 Å². The van der Waals surface area contributed by atoms with E-state index in [0.717, 1.165) is 0 Å². The smallest absolute Gasteiger partial charge is 0.325 e. The van der Waals surface area contributed by atoms with Crippen molar-refractivity contribution in [3.05, 3.63) is 11.5 Å². The predicted octanol–water partition coefficient (Wildman–Crippen LogP) is -4.63. The second-order valence-corrected chi connectivity index (χ2v) is 4.93. The summed E-state index contributed by atoms with van der Waals surface area (Å²) in [5.74, 6) is 3.50. The van der Waals surface area contributed by atoms with Gasteiger partial charge in [-0.3, -0.25) is 9.59 Å². The summed E-state index contributed by atoms with van der Waals surface area (Å²) in [7, 11) is 0. The van der Waals surface area contributed by atoms with Crippen LogP contribution in [0.2, 0.25) is 0 Å². The zero-order valence-corrected chi connectivity index (χ0v) is 13.1. The highest BCUT2D eigenvalue weighted by molar-refractivity contribution is 5.93. The lowest BCUT2D eigenvalue weighted by molar-refractivity contribution is -0.150. The van der Waals surface area contributed by atoms with E-state index in [-0.39, 0.29) is 6.61 Å². The molecule has 0 aliphatic carbocycles. The molecule has 1 heterocycles. The molecule has 12 nitrogen and oxygen atoms in total. The van der Waals surface area contributed by atoms with Crippen molar-refractivity contribution in [3.8, 4) is 0 Å². The molecule has 0 aromatic carbocycles. The van der Waals surface area contributed by atoms with Crippen molar-refractivity contribution in [3.63, 3.8) is 0 Å². The number of esters is 1. The molecule has 4 unspecified atom stereocenters. The van der Waals surface area contributed by atoms with Gasteiger partial charge in [-0.25, -0.2) is 10.9 Å². The molecule has 1 rings (SSSR count). The van der Waals surface area contributed by atoms with Crippen LogP contribution in [0.15, 0.2) is 11.5 Å². The third kappa shape index (κ3) is 4.46. The fourth-order valence-electron chi connectivity index (χ4n) is 2.03. The van der Waals surface area contributed by atoms with Gasteiger partial charge in [-0.05, 0) is 6.92 Å². The van der Waals surface area contributed by atoms with Crippen LogP contribution in [-0.4, -0.2) is 76.5 Å². The van der Waals surface area contributed by atoms with Crippen LogP contribution < -0.4 is 22.6 Å². The Hall–Kier alpha value is -2.12. The van der Waals surface area contributed by atoms with E-state index in [1.54, 1.807) is 6.92 Å². The number of nitrogens with two attached hydrogens (primary N) is 3. The summed E-state index contributed by atoms with van der Waals surface area (Å²) in [6.07, 6.45) is -5.54. The first-order valence-corrected chi connectivity index (χ1v) is 7.09. The van der Waals surface area contributed by atoms with Crippen LogP contribution in [0.3, 0.4) is 0 Å². The molecule has 0 bridgehead atoms. The molecule has 10 N–H and O–H groups in total. The first-order valence-electron chi connectivity index (χ1n) is 7.09. The molecule has 1 amide bonds. The zero-order chi connectivity index (χ0) is 18.4. The molecule has 1 aliphatic heterocycles. The van der Waals surface area contributed by atoms with Crippen LogP contribution in [0.4, 0.5) is 0 Å². The fourth-order valence-corrected chi connectivity index (χ4v) is 2.03. The number of carbonyl (C=O) groups excluding carboxylic acids is 2. The molecule has 24 heavy (non-hydrogen) atoms. The van der Waals surface area contributed by atoms with Gasteiger partial charge in [0.15, 0.2) is 6.23 Å². The number of ether oxygens (including phenoxy) is 2. The summed E-state index contributed by atoms with van der Waals surface area (Å²) in [6.45, 7) is 0.786. The van der Waals surface area contributed by atoms with E-state index in [1.165, 1.54) is 0 Å². The van der Waals surface area contributed by atoms with Crippen LogP contribution in [-0.2, 0) is 19.1 Å². The molecule has 0 aromatic heterocycles. The Labute approximate surface area is 137 Å². The van der Waals surface area contributed by atoms with E-state index in [9.17, 15) is 19.8 Å². The van der Waals surface area contributed by atoms with Gasteiger partial charge in [-0.15, -0.1) is 0 Å². The number of amides is 1. The molecule has 0 spiro atoms. The normalized spacial score (nSPS) is 25.9. The van der Waals surface area contributed by atoms with Crippen LogP contribution in [0.5, 0.6) is 0 Å². The van der Waals surface area contributed by atoms with Crippen molar-refractivity contribution in [1.82, 2.24) is 10.3 Å². The summed E-state index contributed by atoms with van der Waals surface area (Å²) in [4.78, 5) is 23.6. The van der Waals surface area contributed by atoms with E-state index in [2.05, 4.69) is 10.1 Å². The molecule has 0 saturated carbocycles. The number of nitrogens with zero attached hydrogens (tertiary/aromatic N) is 1. The number of hydrogen-bond acceptors (Lipinski definition) is 11. The quantitative estimate of drug-likeness (QED) is 0.0764. The van der Waals surface area contributed by atoms with Gasteiger partial charge < -0.3 is 41.6 Å². The van der Waals surface area contributed by atoms with Gasteiger partial charge in [0.2, 0.25) is 0 Å². The maximum absolute atomic E-state index is 12.3. The Morgan fingerprint density at radius 1 is 1.29 bits per heavy atom. The van der Waals surface area contributed by atoms with Crippen LogP contribution in [0, 0.1) is 0 Å². The molecule has 0 radical (unpaired) electrons. The van der Waals surface area contributed by atoms with E-state index in [0.29, 0.717) is 5.01 Å². The standard InChI is InChI=1S/C12H23N5O7/c1-2-23-6(19)3-16-7(10(13)14)11(22)17(15)12-9(21)8(20)5(4-18)24-12/h5,8-9,12,16,18,20-21H,2-4,13-15H2,1H3. The minimum Gasteiger partial charge on any atom is -0.465 e. The van der Waals surface area contributed by atoms with E-state index >= 15 is 0 Å². The van der Waals surface area contributed by atoms with Gasteiger partial charge in [-0.1, -0.05) is 0 Å². The third-order valence-electron chi connectivity index (χ3n) is 3.24. The lowest BCUT2D eigenvalue weighted by Gasteiger charge is -2.27. The second kappa shape index (κ2) is 8.65. The number of hydrazine groups is 1. The highest BCUT2D eigenvalue weighted by Crippen LogP contribution is 2.23. The Balaban J connectivity index is 2.81. The van der Waals surface area contributed by atoms with Crippen molar-refractivity contribution < 1.29 is 34.4 Å². The SMILES string of the molecule is CCOC(=O)CNC(C(=O)N(N)C1OC(CO)C(O)C1O)=C(N)N. The van der Waals surface area contributed by atoms with Crippen LogP contribution >= 0.6 is 0 Å². The third-order valence-corrected chi connectivity index (χ3v) is 3.24. The lowest BCUT2D eigenvalue weighted by Crippen LogP contribution is -2.54. The largest absolute Gasteiger partial charge is 0.465 e. The average molecular weight is 349 g/mol. The number of aliphatic hydroxyl groups is 3.